The van der Waals surface area contributed by atoms with E-state index in [1.165, 1.54) is 25.0 Å². The molecule has 5 rings (SSSR count). The molecule has 0 aliphatic heterocycles. The number of rotatable bonds is 6. The second kappa shape index (κ2) is 8.94. The number of benzene rings is 2. The fourth-order valence-corrected chi connectivity index (χ4v) is 4.12. The fraction of sp³-hybridized carbons (Fsp3) is 0.269. The number of carbonyl (C=O) groups excluding carboxylic acids is 1. The van der Waals surface area contributed by atoms with Crippen LogP contribution in [0.5, 0.6) is 11.8 Å². The molecular weight excluding hydrogens is 414 g/mol. The summed E-state index contributed by atoms with van der Waals surface area (Å²) in [6, 6.07) is 18.8. The van der Waals surface area contributed by atoms with Gasteiger partial charge in [0.15, 0.2) is 0 Å². The van der Waals surface area contributed by atoms with Gasteiger partial charge in [-0.1, -0.05) is 12.1 Å². The number of amides is 2. The number of nitrogens with one attached hydrogen (secondary N) is 2. The lowest BCUT2D eigenvalue weighted by Crippen LogP contribution is -2.34. The monoisotopic (exact) mass is 441 g/mol. The van der Waals surface area contributed by atoms with Gasteiger partial charge in [-0.25, -0.2) is 14.8 Å². The molecule has 1 fully saturated rings. The summed E-state index contributed by atoms with van der Waals surface area (Å²) in [5.41, 5.74) is 4.19. The lowest BCUT2D eigenvalue weighted by Gasteiger charge is -2.30. The summed E-state index contributed by atoms with van der Waals surface area (Å²) in [6.07, 6.45) is 6.91. The predicted octanol–water partition coefficient (Wildman–Crippen LogP) is 6.15. The van der Waals surface area contributed by atoms with E-state index in [4.69, 9.17) is 4.74 Å². The van der Waals surface area contributed by atoms with Crippen LogP contribution in [-0.4, -0.2) is 26.6 Å². The third kappa shape index (κ3) is 4.53. The Kier molecular flexibility index (Phi) is 5.69. The van der Waals surface area contributed by atoms with E-state index in [-0.39, 0.29) is 12.1 Å². The van der Waals surface area contributed by atoms with Gasteiger partial charge in [-0.2, -0.15) is 0 Å². The lowest BCUT2D eigenvalue weighted by molar-refractivity contribution is 0.250. The Morgan fingerprint density at radius 3 is 2.48 bits per heavy atom. The summed E-state index contributed by atoms with van der Waals surface area (Å²) < 4.78 is 8.31. The Morgan fingerprint density at radius 1 is 1.06 bits per heavy atom. The molecule has 0 spiro atoms. The molecule has 1 aliphatic carbocycles. The molecule has 4 aromatic rings. The molecule has 168 valence electrons. The highest BCUT2D eigenvalue weighted by Gasteiger charge is 2.24. The van der Waals surface area contributed by atoms with Gasteiger partial charge >= 0.3 is 12.0 Å². The van der Waals surface area contributed by atoms with Crippen LogP contribution in [0.3, 0.4) is 0 Å². The van der Waals surface area contributed by atoms with Crippen LogP contribution in [-0.2, 0) is 0 Å². The van der Waals surface area contributed by atoms with E-state index >= 15 is 0 Å². The minimum Gasteiger partial charge on any atom is -0.424 e. The minimum atomic E-state index is -0.198. The summed E-state index contributed by atoms with van der Waals surface area (Å²) in [6.45, 7) is 3.87. The molecule has 0 saturated heterocycles. The topological polar surface area (TPSA) is 81.1 Å². The van der Waals surface area contributed by atoms with Crippen LogP contribution < -0.4 is 15.4 Å². The summed E-state index contributed by atoms with van der Waals surface area (Å²) in [5, 5.41) is 6.89. The van der Waals surface area contributed by atoms with E-state index in [9.17, 15) is 4.79 Å². The molecule has 0 unspecified atom stereocenters. The Morgan fingerprint density at radius 2 is 1.82 bits per heavy atom. The van der Waals surface area contributed by atoms with Crippen LogP contribution in [0.2, 0.25) is 0 Å². The van der Waals surface area contributed by atoms with Crippen molar-refractivity contribution in [3.63, 3.8) is 0 Å². The van der Waals surface area contributed by atoms with Crippen LogP contribution >= 0.6 is 0 Å². The molecule has 0 atom stereocenters. The van der Waals surface area contributed by atoms with Crippen LogP contribution in [0.15, 0.2) is 67.0 Å². The van der Waals surface area contributed by atoms with Crippen molar-refractivity contribution < 1.29 is 9.53 Å². The SMILES string of the molecule is CC(C)NC(=O)Nc1ccc(-c2cc3ccc(Oc4ncccn4)cc3n2C2CCC2)cc1. The molecule has 0 radical (unpaired) electrons. The van der Waals surface area contributed by atoms with Crippen molar-refractivity contribution in [1.82, 2.24) is 19.9 Å². The number of hydrogen-bond donors (Lipinski definition) is 2. The first kappa shape index (κ1) is 21.0. The second-order valence-electron chi connectivity index (χ2n) is 8.67. The zero-order valence-electron chi connectivity index (χ0n) is 18.8. The summed E-state index contributed by atoms with van der Waals surface area (Å²) in [4.78, 5) is 20.3. The molecule has 2 amide bonds. The van der Waals surface area contributed by atoms with Crippen molar-refractivity contribution in [2.24, 2.45) is 0 Å². The molecule has 2 heterocycles. The average molecular weight is 442 g/mol. The standard InChI is InChI=1S/C26H27N5O2/c1-17(2)29-25(32)30-20-10-7-18(8-11-20)23-15-19-9-12-22(33-26-27-13-4-14-28-26)16-24(19)31(23)21-5-3-6-21/h4,7-17,21H,3,5-6H2,1-2H3,(H2,29,30,32). The van der Waals surface area contributed by atoms with Gasteiger partial charge in [0.05, 0.1) is 5.52 Å². The first-order chi connectivity index (χ1) is 16.1. The molecule has 7 heteroatoms. The highest BCUT2D eigenvalue weighted by atomic mass is 16.5. The third-order valence-corrected chi connectivity index (χ3v) is 5.86. The van der Waals surface area contributed by atoms with Gasteiger partial charge in [-0.05, 0) is 75.1 Å². The maximum Gasteiger partial charge on any atom is 0.321 e. The van der Waals surface area contributed by atoms with Crippen molar-refractivity contribution in [3.05, 3.63) is 67.0 Å². The first-order valence-corrected chi connectivity index (χ1v) is 11.3. The van der Waals surface area contributed by atoms with E-state index in [2.05, 4.69) is 55.5 Å². The quantitative estimate of drug-likeness (QED) is 0.376. The Bertz CT molecular complexity index is 1260. The molecule has 2 aromatic carbocycles. The average Bonchev–Trinajstić information content (AvgIpc) is 3.12. The maximum absolute atomic E-state index is 12.0. The van der Waals surface area contributed by atoms with Gasteiger partial charge in [0.2, 0.25) is 0 Å². The molecule has 2 aromatic heterocycles. The van der Waals surface area contributed by atoms with Gasteiger partial charge in [0, 0.05) is 47.3 Å². The predicted molar refractivity (Wildman–Crippen MR) is 130 cm³/mol. The Labute approximate surface area is 192 Å². The molecular formula is C26H27N5O2. The van der Waals surface area contributed by atoms with Crippen LogP contribution in [0.4, 0.5) is 10.5 Å². The molecule has 0 bridgehead atoms. The molecule has 33 heavy (non-hydrogen) atoms. The first-order valence-electron chi connectivity index (χ1n) is 11.3. The van der Waals surface area contributed by atoms with E-state index in [0.29, 0.717) is 12.1 Å². The number of anilines is 1. The van der Waals surface area contributed by atoms with E-state index in [1.807, 2.05) is 32.0 Å². The lowest BCUT2D eigenvalue weighted by atomic mass is 9.92. The zero-order chi connectivity index (χ0) is 22.8. The highest BCUT2D eigenvalue weighted by Crippen LogP contribution is 2.41. The van der Waals surface area contributed by atoms with Crippen molar-refractivity contribution in [1.29, 1.82) is 0 Å². The normalized spacial score (nSPS) is 13.7. The molecule has 1 aliphatic rings. The summed E-state index contributed by atoms with van der Waals surface area (Å²) in [7, 11) is 0. The minimum absolute atomic E-state index is 0.0878. The van der Waals surface area contributed by atoms with Crippen molar-refractivity contribution >= 4 is 22.6 Å². The van der Waals surface area contributed by atoms with Gasteiger partial charge < -0.3 is 19.9 Å². The highest BCUT2D eigenvalue weighted by molar-refractivity contribution is 5.91. The smallest absolute Gasteiger partial charge is 0.321 e. The van der Waals surface area contributed by atoms with Crippen molar-refractivity contribution in [3.8, 4) is 23.0 Å². The number of carbonyl (C=O) groups is 1. The maximum atomic E-state index is 12.0. The number of urea groups is 1. The molecule has 1 saturated carbocycles. The van der Waals surface area contributed by atoms with Gasteiger partial charge in [0.1, 0.15) is 5.75 Å². The number of fused-ring (bicyclic) bond motifs is 1. The van der Waals surface area contributed by atoms with Gasteiger partial charge in [-0.15, -0.1) is 0 Å². The number of nitrogens with zero attached hydrogens (tertiary/aromatic N) is 3. The molecule has 2 N–H and O–H groups in total. The zero-order valence-corrected chi connectivity index (χ0v) is 18.8. The van der Waals surface area contributed by atoms with E-state index < -0.39 is 0 Å². The summed E-state index contributed by atoms with van der Waals surface area (Å²) in [5.74, 6) is 0.717. The van der Waals surface area contributed by atoms with Crippen molar-refractivity contribution in [2.45, 2.75) is 45.2 Å². The van der Waals surface area contributed by atoms with Crippen molar-refractivity contribution in [2.75, 3.05) is 5.32 Å². The number of hydrogen-bond acceptors (Lipinski definition) is 4. The van der Waals surface area contributed by atoms with Crippen LogP contribution in [0.1, 0.15) is 39.2 Å². The van der Waals surface area contributed by atoms with E-state index in [1.54, 1.807) is 18.5 Å². The number of aromatic nitrogens is 3. The third-order valence-electron chi connectivity index (χ3n) is 5.86. The van der Waals surface area contributed by atoms with Crippen LogP contribution in [0, 0.1) is 0 Å². The van der Waals surface area contributed by atoms with E-state index in [0.717, 1.165) is 27.9 Å². The second-order valence-corrected chi connectivity index (χ2v) is 8.67. The number of ether oxygens (including phenoxy) is 1. The largest absolute Gasteiger partial charge is 0.424 e. The summed E-state index contributed by atoms with van der Waals surface area (Å²) >= 11 is 0. The van der Waals surface area contributed by atoms with Gasteiger partial charge in [0.25, 0.3) is 0 Å². The van der Waals surface area contributed by atoms with Crippen LogP contribution in [0.25, 0.3) is 22.2 Å². The molecule has 7 nitrogen and oxygen atoms in total. The fourth-order valence-electron chi connectivity index (χ4n) is 4.12. The Balaban J connectivity index is 1.47. The van der Waals surface area contributed by atoms with Gasteiger partial charge in [-0.3, -0.25) is 0 Å². The Hall–Kier alpha value is -3.87.